The van der Waals surface area contributed by atoms with Gasteiger partial charge in [0.15, 0.2) is 0 Å². The van der Waals surface area contributed by atoms with Crippen LogP contribution in [-0.4, -0.2) is 50.0 Å². The van der Waals surface area contributed by atoms with E-state index in [-0.39, 0.29) is 23.5 Å². The van der Waals surface area contributed by atoms with Crippen molar-refractivity contribution in [3.8, 4) is 5.75 Å². The normalized spacial score (nSPS) is 11.7. The van der Waals surface area contributed by atoms with E-state index in [0.29, 0.717) is 22.2 Å². The largest absolute Gasteiger partial charge is 0.497 e. The summed E-state index contributed by atoms with van der Waals surface area (Å²) in [5.41, 5.74) is 0.907. The molecular formula is C26H24N4O5S2. The van der Waals surface area contributed by atoms with Crippen molar-refractivity contribution in [3.63, 3.8) is 0 Å². The molecule has 0 spiro atoms. The Bertz CT molecular complexity index is 1530. The predicted molar refractivity (Wildman–Crippen MR) is 145 cm³/mol. The Labute approximate surface area is 218 Å². The summed E-state index contributed by atoms with van der Waals surface area (Å²) in [6.07, 6.45) is 5.91. The second-order valence-electron chi connectivity index (χ2n) is 7.63. The van der Waals surface area contributed by atoms with Crippen LogP contribution in [0.4, 0.5) is 5.13 Å². The number of thiazole rings is 1. The molecule has 9 nitrogen and oxygen atoms in total. The van der Waals surface area contributed by atoms with Crippen molar-refractivity contribution in [2.24, 2.45) is 5.10 Å². The van der Waals surface area contributed by atoms with Gasteiger partial charge in [0, 0.05) is 18.7 Å². The number of hydrogen-bond donors (Lipinski definition) is 0. The Morgan fingerprint density at radius 1 is 1.14 bits per heavy atom. The number of furan rings is 1. The Morgan fingerprint density at radius 3 is 2.49 bits per heavy atom. The molecule has 11 heteroatoms. The first-order valence-corrected chi connectivity index (χ1v) is 13.3. The number of anilines is 1. The van der Waals surface area contributed by atoms with Gasteiger partial charge in [0.05, 0.1) is 34.7 Å². The second-order valence-corrected chi connectivity index (χ2v) is 10.6. The number of carbonyl (C=O) groups is 1. The van der Waals surface area contributed by atoms with Gasteiger partial charge in [-0.1, -0.05) is 23.5 Å². The molecule has 0 bridgehead atoms. The van der Waals surface area contributed by atoms with Crippen molar-refractivity contribution in [1.82, 2.24) is 9.29 Å². The van der Waals surface area contributed by atoms with Crippen LogP contribution < -0.4 is 9.75 Å². The zero-order chi connectivity index (χ0) is 26.4. The van der Waals surface area contributed by atoms with Gasteiger partial charge >= 0.3 is 0 Å². The van der Waals surface area contributed by atoms with Gasteiger partial charge < -0.3 is 9.15 Å². The van der Waals surface area contributed by atoms with Gasteiger partial charge in [-0.25, -0.2) is 13.4 Å². The molecule has 0 saturated heterocycles. The number of fused-ring (bicyclic) bond motifs is 1. The molecule has 0 unspecified atom stereocenters. The van der Waals surface area contributed by atoms with Crippen LogP contribution in [0.25, 0.3) is 10.2 Å². The molecule has 4 aromatic rings. The molecule has 2 aromatic heterocycles. The SMILES string of the molecule is C=CCN(CC=C)S(=O)(=O)c1ccc(C(=O)N(/N=C/c2ccco2)c2nc3ccc(OC)cc3s2)cc1. The number of benzene rings is 2. The van der Waals surface area contributed by atoms with Crippen molar-refractivity contribution in [1.29, 1.82) is 0 Å². The summed E-state index contributed by atoms with van der Waals surface area (Å²) in [6, 6.07) is 14.5. The van der Waals surface area contributed by atoms with E-state index in [2.05, 4.69) is 23.2 Å². The smallest absolute Gasteiger partial charge is 0.280 e. The Kier molecular flexibility index (Phi) is 7.97. The van der Waals surface area contributed by atoms with E-state index >= 15 is 0 Å². The van der Waals surface area contributed by atoms with E-state index in [1.807, 2.05) is 6.07 Å². The van der Waals surface area contributed by atoms with Crippen LogP contribution in [0, 0.1) is 0 Å². The quantitative estimate of drug-likeness (QED) is 0.153. The number of carbonyl (C=O) groups excluding carboxylic acids is 1. The monoisotopic (exact) mass is 536 g/mol. The first-order chi connectivity index (χ1) is 17.9. The van der Waals surface area contributed by atoms with Gasteiger partial charge in [-0.3, -0.25) is 4.79 Å². The van der Waals surface area contributed by atoms with Crippen molar-refractivity contribution in [3.05, 3.63) is 97.5 Å². The van der Waals surface area contributed by atoms with E-state index in [1.54, 1.807) is 31.4 Å². The molecule has 0 aliphatic carbocycles. The minimum Gasteiger partial charge on any atom is -0.497 e. The zero-order valence-electron chi connectivity index (χ0n) is 20.0. The molecule has 0 radical (unpaired) electrons. The van der Waals surface area contributed by atoms with Crippen LogP contribution in [0.15, 0.2) is 101 Å². The maximum atomic E-state index is 13.5. The summed E-state index contributed by atoms with van der Waals surface area (Å²) in [5, 5.41) is 5.82. The number of amides is 1. The maximum Gasteiger partial charge on any atom is 0.280 e. The number of hydrogen-bond acceptors (Lipinski definition) is 8. The Balaban J connectivity index is 1.69. The third-order valence-corrected chi connectivity index (χ3v) is 8.05. The van der Waals surface area contributed by atoms with E-state index in [1.165, 1.54) is 64.5 Å². The first kappa shape index (κ1) is 26.0. The third-order valence-electron chi connectivity index (χ3n) is 5.21. The van der Waals surface area contributed by atoms with Crippen LogP contribution >= 0.6 is 11.3 Å². The molecule has 4 rings (SSSR count). The summed E-state index contributed by atoms with van der Waals surface area (Å²) < 4.78 is 38.7. The number of nitrogens with zero attached hydrogens (tertiary/aromatic N) is 4. The van der Waals surface area contributed by atoms with Crippen LogP contribution in [-0.2, 0) is 10.0 Å². The molecule has 0 aliphatic rings. The lowest BCUT2D eigenvalue weighted by Crippen LogP contribution is -2.31. The molecule has 37 heavy (non-hydrogen) atoms. The number of methoxy groups -OCH3 is 1. The maximum absolute atomic E-state index is 13.5. The molecule has 2 heterocycles. The summed E-state index contributed by atoms with van der Waals surface area (Å²) in [4.78, 5) is 18.1. The molecule has 0 N–H and O–H groups in total. The lowest BCUT2D eigenvalue weighted by molar-refractivity contribution is 0.0987. The van der Waals surface area contributed by atoms with Crippen molar-refractivity contribution in [2.75, 3.05) is 25.2 Å². The molecule has 2 aromatic carbocycles. The van der Waals surface area contributed by atoms with Crippen LogP contribution in [0.1, 0.15) is 16.1 Å². The highest BCUT2D eigenvalue weighted by Gasteiger charge is 2.25. The molecule has 0 saturated carbocycles. The Hall–Kier alpha value is -4.06. The number of rotatable bonds is 11. The van der Waals surface area contributed by atoms with Gasteiger partial charge in [-0.2, -0.15) is 14.4 Å². The topological polar surface area (TPSA) is 105 Å². The van der Waals surface area contributed by atoms with E-state index in [9.17, 15) is 13.2 Å². The number of ether oxygens (including phenoxy) is 1. The molecule has 0 fully saturated rings. The second kappa shape index (κ2) is 11.3. The summed E-state index contributed by atoms with van der Waals surface area (Å²) in [7, 11) is -2.23. The fourth-order valence-electron chi connectivity index (χ4n) is 3.38. The van der Waals surface area contributed by atoms with Crippen LogP contribution in [0.2, 0.25) is 0 Å². The molecule has 0 aliphatic heterocycles. The molecule has 190 valence electrons. The molecule has 0 atom stereocenters. The fraction of sp³-hybridized carbons (Fsp3) is 0.115. The lowest BCUT2D eigenvalue weighted by atomic mass is 10.2. The molecular weight excluding hydrogens is 512 g/mol. The summed E-state index contributed by atoms with van der Waals surface area (Å²) in [6.45, 7) is 7.49. The van der Waals surface area contributed by atoms with E-state index < -0.39 is 15.9 Å². The first-order valence-electron chi connectivity index (χ1n) is 11.1. The number of sulfonamides is 1. The highest BCUT2D eigenvalue weighted by atomic mass is 32.2. The fourth-order valence-corrected chi connectivity index (χ4v) is 5.71. The standard InChI is InChI=1S/C26H24N4O5S2/c1-4-14-29(15-5-2)37(32,33)22-11-8-19(9-12-22)25(31)30(27-18-21-7-6-16-35-21)26-28-23-13-10-20(34-3)17-24(23)36-26/h4-13,16-18H,1-2,14-15H2,3H3/b27-18+. The third kappa shape index (κ3) is 5.69. The van der Waals surface area contributed by atoms with Crippen molar-refractivity contribution in [2.45, 2.75) is 4.90 Å². The average Bonchev–Trinajstić information content (AvgIpc) is 3.58. The summed E-state index contributed by atoms with van der Waals surface area (Å²) in [5.74, 6) is 0.622. The number of aromatic nitrogens is 1. The van der Waals surface area contributed by atoms with Crippen LogP contribution in [0.5, 0.6) is 5.75 Å². The minimum absolute atomic E-state index is 0.0467. The Morgan fingerprint density at radius 2 is 1.86 bits per heavy atom. The van der Waals surface area contributed by atoms with Gasteiger partial charge in [-0.05, 0) is 54.6 Å². The zero-order valence-corrected chi connectivity index (χ0v) is 21.6. The van der Waals surface area contributed by atoms with E-state index in [4.69, 9.17) is 9.15 Å². The van der Waals surface area contributed by atoms with Crippen LogP contribution in [0.3, 0.4) is 0 Å². The lowest BCUT2D eigenvalue weighted by Gasteiger charge is -2.19. The highest BCUT2D eigenvalue weighted by molar-refractivity contribution is 7.89. The molecule has 1 amide bonds. The minimum atomic E-state index is -3.80. The van der Waals surface area contributed by atoms with Crippen molar-refractivity contribution >= 4 is 48.8 Å². The van der Waals surface area contributed by atoms with Gasteiger partial charge in [0.25, 0.3) is 5.91 Å². The van der Waals surface area contributed by atoms with E-state index in [0.717, 1.165) is 9.71 Å². The van der Waals surface area contributed by atoms with Gasteiger partial charge in [0.2, 0.25) is 15.2 Å². The predicted octanol–water partition coefficient (Wildman–Crippen LogP) is 4.94. The number of hydrazone groups is 1. The highest BCUT2D eigenvalue weighted by Crippen LogP contribution is 2.32. The summed E-state index contributed by atoms with van der Waals surface area (Å²) >= 11 is 1.27. The average molecular weight is 537 g/mol. The van der Waals surface area contributed by atoms with Crippen molar-refractivity contribution < 1.29 is 22.4 Å². The van der Waals surface area contributed by atoms with Gasteiger partial charge in [0.1, 0.15) is 11.5 Å². The van der Waals surface area contributed by atoms with Gasteiger partial charge in [-0.15, -0.1) is 13.2 Å².